The van der Waals surface area contributed by atoms with Crippen LogP contribution in [0.3, 0.4) is 0 Å². The molecule has 0 saturated carbocycles. The molecule has 1 aromatic carbocycles. The van der Waals surface area contributed by atoms with Crippen LogP contribution in [-0.2, 0) is 6.54 Å². The standard InChI is InChI=1S/C19H18N2O4/c1-4-9-20(3)19(24)16-10-13(12(2)25-16)11-21-17(22)14-7-5-6-8-15(14)18(21)23/h4-8,10H,1,9,11H2,2-3H3. The second-order valence-electron chi connectivity index (χ2n) is 5.91. The molecule has 0 atom stereocenters. The number of nitrogens with zero attached hydrogens (tertiary/aromatic N) is 2. The Morgan fingerprint density at radius 3 is 2.40 bits per heavy atom. The Kier molecular flexibility index (Phi) is 4.27. The van der Waals surface area contributed by atoms with E-state index in [1.807, 2.05) is 0 Å². The van der Waals surface area contributed by atoms with Gasteiger partial charge in [-0.1, -0.05) is 18.2 Å². The highest BCUT2D eigenvalue weighted by Gasteiger charge is 2.35. The molecule has 3 amide bonds. The molecule has 1 aliphatic rings. The van der Waals surface area contributed by atoms with E-state index in [9.17, 15) is 14.4 Å². The van der Waals surface area contributed by atoms with Crippen molar-refractivity contribution in [3.8, 4) is 0 Å². The quantitative estimate of drug-likeness (QED) is 0.621. The Balaban J connectivity index is 1.83. The van der Waals surface area contributed by atoms with Crippen LogP contribution >= 0.6 is 0 Å². The zero-order chi connectivity index (χ0) is 18.1. The topological polar surface area (TPSA) is 70.8 Å². The summed E-state index contributed by atoms with van der Waals surface area (Å²) in [6.07, 6.45) is 1.62. The lowest BCUT2D eigenvalue weighted by Gasteiger charge is -2.13. The maximum Gasteiger partial charge on any atom is 0.289 e. The van der Waals surface area contributed by atoms with E-state index in [1.54, 1.807) is 50.4 Å². The maximum absolute atomic E-state index is 12.4. The van der Waals surface area contributed by atoms with E-state index in [0.717, 1.165) is 0 Å². The predicted octanol–water partition coefficient (Wildman–Crippen LogP) is 2.64. The molecule has 6 heteroatoms. The molecule has 2 aromatic rings. The third-order valence-corrected chi connectivity index (χ3v) is 4.19. The van der Waals surface area contributed by atoms with Crippen LogP contribution in [-0.4, -0.2) is 41.1 Å². The number of furan rings is 1. The van der Waals surface area contributed by atoms with E-state index >= 15 is 0 Å². The zero-order valence-corrected chi connectivity index (χ0v) is 14.1. The molecular formula is C19H18N2O4. The van der Waals surface area contributed by atoms with E-state index in [1.165, 1.54) is 9.80 Å². The number of hydrogen-bond donors (Lipinski definition) is 0. The maximum atomic E-state index is 12.4. The number of imide groups is 1. The van der Waals surface area contributed by atoms with Crippen molar-refractivity contribution in [2.45, 2.75) is 13.5 Å². The summed E-state index contributed by atoms with van der Waals surface area (Å²) in [4.78, 5) is 39.8. The van der Waals surface area contributed by atoms with Crippen LogP contribution in [0.5, 0.6) is 0 Å². The van der Waals surface area contributed by atoms with Gasteiger partial charge in [-0.05, 0) is 25.1 Å². The highest BCUT2D eigenvalue weighted by atomic mass is 16.4. The van der Waals surface area contributed by atoms with Gasteiger partial charge in [0.1, 0.15) is 5.76 Å². The van der Waals surface area contributed by atoms with Crippen molar-refractivity contribution in [3.63, 3.8) is 0 Å². The number of aryl methyl sites for hydroxylation is 1. The normalized spacial score (nSPS) is 13.1. The number of rotatable bonds is 5. The number of carbonyl (C=O) groups is 3. The van der Waals surface area contributed by atoms with Gasteiger partial charge in [0.25, 0.3) is 17.7 Å². The Hall–Kier alpha value is -3.15. The van der Waals surface area contributed by atoms with Gasteiger partial charge in [-0.15, -0.1) is 6.58 Å². The molecule has 0 N–H and O–H groups in total. The second kappa shape index (κ2) is 6.39. The molecule has 1 aromatic heterocycles. The van der Waals surface area contributed by atoms with Crippen molar-refractivity contribution in [2.24, 2.45) is 0 Å². The number of amides is 3. The molecule has 0 unspecified atom stereocenters. The summed E-state index contributed by atoms with van der Waals surface area (Å²) >= 11 is 0. The molecule has 0 fully saturated rings. The molecule has 0 saturated heterocycles. The zero-order valence-electron chi connectivity index (χ0n) is 14.1. The fraction of sp³-hybridized carbons (Fsp3) is 0.211. The van der Waals surface area contributed by atoms with Crippen LogP contribution in [0, 0.1) is 6.92 Å². The predicted molar refractivity (Wildman–Crippen MR) is 91.2 cm³/mol. The fourth-order valence-corrected chi connectivity index (χ4v) is 2.80. The molecule has 128 valence electrons. The smallest absolute Gasteiger partial charge is 0.289 e. The van der Waals surface area contributed by atoms with Gasteiger partial charge in [-0.25, -0.2) is 0 Å². The van der Waals surface area contributed by atoms with Crippen LogP contribution < -0.4 is 0 Å². The molecule has 1 aliphatic heterocycles. The third kappa shape index (κ3) is 2.87. The largest absolute Gasteiger partial charge is 0.456 e. The van der Waals surface area contributed by atoms with Gasteiger partial charge in [-0.3, -0.25) is 19.3 Å². The van der Waals surface area contributed by atoms with Gasteiger partial charge in [0.15, 0.2) is 5.76 Å². The summed E-state index contributed by atoms with van der Waals surface area (Å²) < 4.78 is 5.53. The Bertz CT molecular complexity index is 846. The molecule has 0 radical (unpaired) electrons. The number of likely N-dealkylation sites (N-methyl/N-ethyl adjacent to an activating group) is 1. The summed E-state index contributed by atoms with van der Waals surface area (Å²) in [5.41, 5.74) is 1.43. The van der Waals surface area contributed by atoms with Crippen LogP contribution in [0.4, 0.5) is 0 Å². The molecule has 6 nitrogen and oxygen atoms in total. The van der Waals surface area contributed by atoms with E-state index in [0.29, 0.717) is 29.0 Å². The summed E-state index contributed by atoms with van der Waals surface area (Å²) in [7, 11) is 1.64. The first-order valence-electron chi connectivity index (χ1n) is 7.85. The van der Waals surface area contributed by atoms with E-state index < -0.39 is 0 Å². The lowest BCUT2D eigenvalue weighted by molar-refractivity contribution is 0.0641. The van der Waals surface area contributed by atoms with Gasteiger partial charge in [-0.2, -0.15) is 0 Å². The Morgan fingerprint density at radius 2 is 1.84 bits per heavy atom. The summed E-state index contributed by atoms with van der Waals surface area (Å²) in [6, 6.07) is 8.31. The summed E-state index contributed by atoms with van der Waals surface area (Å²) in [6.45, 7) is 5.77. The first kappa shape index (κ1) is 16.7. The Labute approximate surface area is 145 Å². The van der Waals surface area contributed by atoms with Gasteiger partial charge < -0.3 is 9.32 Å². The first-order chi connectivity index (χ1) is 11.9. The molecule has 0 bridgehead atoms. The lowest BCUT2D eigenvalue weighted by Crippen LogP contribution is -2.29. The van der Waals surface area contributed by atoms with Crippen molar-refractivity contribution in [1.82, 2.24) is 9.80 Å². The van der Waals surface area contributed by atoms with Crippen LogP contribution in [0.15, 0.2) is 47.4 Å². The number of benzene rings is 1. The van der Waals surface area contributed by atoms with Crippen molar-refractivity contribution in [1.29, 1.82) is 0 Å². The minimum atomic E-state index is -0.335. The van der Waals surface area contributed by atoms with Gasteiger partial charge >= 0.3 is 0 Å². The molecule has 0 aliphatic carbocycles. The fourth-order valence-electron chi connectivity index (χ4n) is 2.80. The number of carbonyl (C=O) groups excluding carboxylic acids is 3. The van der Waals surface area contributed by atoms with E-state index in [2.05, 4.69) is 6.58 Å². The first-order valence-corrected chi connectivity index (χ1v) is 7.85. The van der Waals surface area contributed by atoms with Gasteiger partial charge in [0.05, 0.1) is 17.7 Å². The second-order valence-corrected chi connectivity index (χ2v) is 5.91. The van der Waals surface area contributed by atoms with Crippen LogP contribution in [0.2, 0.25) is 0 Å². The molecule has 25 heavy (non-hydrogen) atoms. The Morgan fingerprint density at radius 1 is 1.24 bits per heavy atom. The van der Waals surface area contributed by atoms with Gasteiger partial charge in [0, 0.05) is 19.2 Å². The van der Waals surface area contributed by atoms with Crippen LogP contribution in [0.1, 0.15) is 42.6 Å². The van der Waals surface area contributed by atoms with Gasteiger partial charge in [0.2, 0.25) is 0 Å². The van der Waals surface area contributed by atoms with Crippen molar-refractivity contribution in [3.05, 3.63) is 71.2 Å². The highest BCUT2D eigenvalue weighted by Crippen LogP contribution is 2.26. The van der Waals surface area contributed by atoms with Crippen molar-refractivity contribution >= 4 is 17.7 Å². The van der Waals surface area contributed by atoms with Crippen molar-refractivity contribution in [2.75, 3.05) is 13.6 Å². The molecule has 3 rings (SSSR count). The van der Waals surface area contributed by atoms with Crippen molar-refractivity contribution < 1.29 is 18.8 Å². The minimum absolute atomic E-state index is 0.0696. The summed E-state index contributed by atoms with van der Waals surface area (Å²) in [5, 5.41) is 0. The summed E-state index contributed by atoms with van der Waals surface area (Å²) in [5.74, 6) is -0.271. The third-order valence-electron chi connectivity index (χ3n) is 4.19. The van der Waals surface area contributed by atoms with E-state index in [-0.39, 0.29) is 30.0 Å². The molecule has 2 heterocycles. The number of hydrogen-bond acceptors (Lipinski definition) is 4. The van der Waals surface area contributed by atoms with Crippen LogP contribution in [0.25, 0.3) is 0 Å². The number of fused-ring (bicyclic) bond motifs is 1. The average Bonchev–Trinajstić information content (AvgIpc) is 3.08. The lowest BCUT2D eigenvalue weighted by atomic mass is 10.1. The van der Waals surface area contributed by atoms with E-state index in [4.69, 9.17) is 4.42 Å². The molecule has 0 spiro atoms. The average molecular weight is 338 g/mol. The monoisotopic (exact) mass is 338 g/mol. The highest BCUT2D eigenvalue weighted by molar-refractivity contribution is 6.21. The minimum Gasteiger partial charge on any atom is -0.456 e. The molecular weight excluding hydrogens is 320 g/mol. The SMILES string of the molecule is C=CCN(C)C(=O)c1cc(CN2C(=O)c3ccccc3C2=O)c(C)o1.